The maximum atomic E-state index is 12.5. The van der Waals surface area contributed by atoms with Crippen molar-refractivity contribution in [3.05, 3.63) is 42.5 Å². The van der Waals surface area contributed by atoms with Gasteiger partial charge in [0.15, 0.2) is 11.5 Å². The number of anilines is 2. The molecule has 2 aromatic rings. The van der Waals surface area contributed by atoms with Gasteiger partial charge in [-0.25, -0.2) is 0 Å². The van der Waals surface area contributed by atoms with E-state index >= 15 is 0 Å². The van der Waals surface area contributed by atoms with E-state index in [-0.39, 0.29) is 17.1 Å². The zero-order valence-electron chi connectivity index (χ0n) is 15.2. The van der Waals surface area contributed by atoms with Crippen molar-refractivity contribution in [1.82, 2.24) is 0 Å². The molecule has 0 heterocycles. The Kier molecular flexibility index (Phi) is 6.91. The van der Waals surface area contributed by atoms with E-state index in [0.717, 1.165) is 4.90 Å². The molecule has 2 rings (SSSR count). The molecule has 138 valence electrons. The van der Waals surface area contributed by atoms with Gasteiger partial charge in [-0.15, -0.1) is 11.8 Å². The topological polar surface area (TPSA) is 76.7 Å². The van der Waals surface area contributed by atoms with Gasteiger partial charge in [-0.1, -0.05) is 6.07 Å². The second-order valence-corrected chi connectivity index (χ2v) is 6.94. The van der Waals surface area contributed by atoms with Crippen LogP contribution in [0.1, 0.15) is 13.8 Å². The maximum Gasteiger partial charge on any atom is 0.237 e. The first kappa shape index (κ1) is 19.7. The number of carbonyl (C=O) groups is 2. The summed E-state index contributed by atoms with van der Waals surface area (Å²) in [5.74, 6) is 0.965. The smallest absolute Gasteiger partial charge is 0.237 e. The first-order valence-corrected chi connectivity index (χ1v) is 8.88. The van der Waals surface area contributed by atoms with E-state index < -0.39 is 0 Å². The number of hydrogen-bond acceptors (Lipinski definition) is 5. The predicted molar refractivity (Wildman–Crippen MR) is 104 cm³/mol. The highest BCUT2D eigenvalue weighted by molar-refractivity contribution is 8.00. The van der Waals surface area contributed by atoms with Crippen LogP contribution in [0, 0.1) is 0 Å². The molecule has 2 amide bonds. The van der Waals surface area contributed by atoms with Crippen LogP contribution in [-0.2, 0) is 9.59 Å². The second kappa shape index (κ2) is 9.15. The van der Waals surface area contributed by atoms with Crippen LogP contribution in [-0.4, -0.2) is 31.3 Å². The molecule has 26 heavy (non-hydrogen) atoms. The Bertz CT molecular complexity index is 795. The Hall–Kier alpha value is -2.67. The fourth-order valence-corrected chi connectivity index (χ4v) is 3.17. The molecule has 0 bridgehead atoms. The molecule has 0 saturated heterocycles. The first-order chi connectivity index (χ1) is 12.4. The third-order valence-electron chi connectivity index (χ3n) is 3.49. The highest BCUT2D eigenvalue weighted by Crippen LogP contribution is 2.33. The van der Waals surface area contributed by atoms with Crippen molar-refractivity contribution >= 4 is 35.0 Å². The van der Waals surface area contributed by atoms with Gasteiger partial charge in [-0.2, -0.15) is 0 Å². The Balaban J connectivity index is 2.02. The van der Waals surface area contributed by atoms with Crippen LogP contribution in [0.15, 0.2) is 47.4 Å². The lowest BCUT2D eigenvalue weighted by Crippen LogP contribution is -2.22. The molecule has 0 fully saturated rings. The zero-order chi connectivity index (χ0) is 19.1. The Labute approximate surface area is 157 Å². The average molecular weight is 374 g/mol. The average Bonchev–Trinajstić information content (AvgIpc) is 2.61. The molecular formula is C19H22N2O4S. The molecule has 0 unspecified atom stereocenters. The summed E-state index contributed by atoms with van der Waals surface area (Å²) in [6, 6.07) is 12.6. The van der Waals surface area contributed by atoms with Gasteiger partial charge in [0.1, 0.15) is 0 Å². The maximum absolute atomic E-state index is 12.5. The van der Waals surface area contributed by atoms with Crippen LogP contribution >= 0.6 is 11.8 Å². The van der Waals surface area contributed by atoms with Gasteiger partial charge in [0, 0.05) is 23.2 Å². The predicted octanol–water partition coefficient (Wildman–Crippen LogP) is 3.78. The van der Waals surface area contributed by atoms with Gasteiger partial charge in [0.05, 0.1) is 19.5 Å². The minimum atomic E-state index is -0.322. The number of ether oxygens (including phenoxy) is 2. The molecule has 0 spiro atoms. The van der Waals surface area contributed by atoms with Gasteiger partial charge in [-0.3, -0.25) is 9.59 Å². The van der Waals surface area contributed by atoms with E-state index in [9.17, 15) is 9.59 Å². The first-order valence-electron chi connectivity index (χ1n) is 8.00. The quantitative estimate of drug-likeness (QED) is 0.721. The highest BCUT2D eigenvalue weighted by Gasteiger charge is 2.16. The molecule has 0 aliphatic carbocycles. The van der Waals surface area contributed by atoms with E-state index in [4.69, 9.17) is 9.47 Å². The Morgan fingerprint density at radius 2 is 1.62 bits per heavy atom. The van der Waals surface area contributed by atoms with Crippen molar-refractivity contribution in [3.8, 4) is 11.5 Å². The summed E-state index contributed by atoms with van der Waals surface area (Å²) in [5.41, 5.74) is 1.26. The minimum absolute atomic E-state index is 0.134. The SMILES string of the molecule is COc1ccc(S[C@@H](C)C(=O)Nc2cccc(NC(C)=O)c2)cc1OC. The minimum Gasteiger partial charge on any atom is -0.493 e. The lowest BCUT2D eigenvalue weighted by molar-refractivity contribution is -0.115. The number of nitrogens with one attached hydrogen (secondary N) is 2. The monoisotopic (exact) mass is 374 g/mol. The van der Waals surface area contributed by atoms with Gasteiger partial charge < -0.3 is 20.1 Å². The van der Waals surface area contributed by atoms with E-state index in [1.165, 1.54) is 18.7 Å². The number of carbonyl (C=O) groups excluding carboxylic acids is 2. The second-order valence-electron chi connectivity index (χ2n) is 5.53. The molecule has 7 heteroatoms. The molecule has 2 N–H and O–H groups in total. The van der Waals surface area contributed by atoms with Crippen LogP contribution in [0.3, 0.4) is 0 Å². The van der Waals surface area contributed by atoms with Crippen LogP contribution in [0.25, 0.3) is 0 Å². The molecule has 6 nitrogen and oxygen atoms in total. The van der Waals surface area contributed by atoms with Crippen molar-refractivity contribution < 1.29 is 19.1 Å². The summed E-state index contributed by atoms with van der Waals surface area (Å²) in [6.45, 7) is 3.27. The number of hydrogen-bond donors (Lipinski definition) is 2. The zero-order valence-corrected chi connectivity index (χ0v) is 16.0. The van der Waals surface area contributed by atoms with E-state index in [1.807, 2.05) is 25.1 Å². The molecule has 0 aliphatic rings. The fraction of sp³-hybridized carbons (Fsp3) is 0.263. The van der Waals surface area contributed by atoms with Gasteiger partial charge in [-0.05, 0) is 43.3 Å². The number of benzene rings is 2. The third kappa shape index (κ3) is 5.42. The van der Waals surface area contributed by atoms with E-state index in [0.29, 0.717) is 22.9 Å². The molecular weight excluding hydrogens is 352 g/mol. The molecule has 0 aromatic heterocycles. The van der Waals surface area contributed by atoms with Crippen LogP contribution in [0.2, 0.25) is 0 Å². The molecule has 0 radical (unpaired) electrons. The van der Waals surface area contributed by atoms with Crippen molar-refractivity contribution in [3.63, 3.8) is 0 Å². The normalized spacial score (nSPS) is 11.4. The Morgan fingerprint density at radius 1 is 0.962 bits per heavy atom. The van der Waals surface area contributed by atoms with E-state index in [2.05, 4.69) is 10.6 Å². The largest absolute Gasteiger partial charge is 0.493 e. The van der Waals surface area contributed by atoms with Gasteiger partial charge in [0.2, 0.25) is 11.8 Å². The summed E-state index contributed by atoms with van der Waals surface area (Å²) in [6.07, 6.45) is 0. The molecule has 0 aliphatic heterocycles. The summed E-state index contributed by atoms with van der Waals surface area (Å²) >= 11 is 1.42. The molecule has 2 aromatic carbocycles. The lowest BCUT2D eigenvalue weighted by Gasteiger charge is -2.14. The van der Waals surface area contributed by atoms with Crippen LogP contribution in [0.4, 0.5) is 11.4 Å². The highest BCUT2D eigenvalue weighted by atomic mass is 32.2. The number of rotatable bonds is 7. The van der Waals surface area contributed by atoms with Crippen molar-refractivity contribution in [2.45, 2.75) is 24.0 Å². The van der Waals surface area contributed by atoms with Crippen LogP contribution < -0.4 is 20.1 Å². The Morgan fingerprint density at radius 3 is 2.23 bits per heavy atom. The number of thioether (sulfide) groups is 1. The van der Waals surface area contributed by atoms with Gasteiger partial charge in [0.25, 0.3) is 0 Å². The fourth-order valence-electron chi connectivity index (χ4n) is 2.27. The summed E-state index contributed by atoms with van der Waals surface area (Å²) in [4.78, 5) is 24.5. The van der Waals surface area contributed by atoms with E-state index in [1.54, 1.807) is 38.5 Å². The molecule has 1 atom stereocenters. The number of amides is 2. The lowest BCUT2D eigenvalue weighted by atomic mass is 10.2. The third-order valence-corrected chi connectivity index (χ3v) is 4.58. The van der Waals surface area contributed by atoms with Crippen LogP contribution in [0.5, 0.6) is 11.5 Å². The van der Waals surface area contributed by atoms with Crippen molar-refractivity contribution in [1.29, 1.82) is 0 Å². The summed E-state index contributed by atoms with van der Waals surface area (Å²) < 4.78 is 10.5. The van der Waals surface area contributed by atoms with Crippen molar-refractivity contribution in [2.75, 3.05) is 24.9 Å². The summed E-state index contributed by atoms with van der Waals surface area (Å²) in [5, 5.41) is 5.23. The molecule has 0 saturated carbocycles. The van der Waals surface area contributed by atoms with Crippen molar-refractivity contribution in [2.24, 2.45) is 0 Å². The van der Waals surface area contributed by atoms with Gasteiger partial charge >= 0.3 is 0 Å². The summed E-state index contributed by atoms with van der Waals surface area (Å²) in [7, 11) is 3.15. The standard InChI is InChI=1S/C19H22N2O4S/c1-12(26-16-8-9-17(24-3)18(11-16)25-4)19(23)21-15-7-5-6-14(10-15)20-13(2)22/h5-12H,1-4H3,(H,20,22)(H,21,23)/t12-/m0/s1. The number of methoxy groups -OCH3 is 2.